The minimum Gasteiger partial charge on any atom is -0.733 e. The average molecular weight is 336 g/mol. The molecule has 8 heteroatoms. The zero-order chi connectivity index (χ0) is 16.3. The lowest BCUT2D eigenvalue weighted by Crippen LogP contribution is -2.39. The van der Waals surface area contributed by atoms with E-state index in [9.17, 15) is 19.9 Å². The summed E-state index contributed by atoms with van der Waals surface area (Å²) >= 11 is 1.47. The molecule has 2 N–H and O–H groups in total. The van der Waals surface area contributed by atoms with E-state index in [0.29, 0.717) is 6.42 Å². The van der Waals surface area contributed by atoms with Crippen molar-refractivity contribution in [3.8, 4) is 0 Å². The number of benzene rings is 1. The standard InChI is InChI=1S/C15H14NO6S/c17-14(18)10-9-5-8-11(10)15(19)22-12(8)13(9)23-7-3-1-6(2-4-7)16(20)21/h1-4,8-13,20H,5H2,(H,17,18)/q-1/t8-,9+,10+,11+,12+,13-/m0/s1. The number of ether oxygens (including phenoxy) is 1. The summed E-state index contributed by atoms with van der Waals surface area (Å²) in [6.45, 7) is 0. The van der Waals surface area contributed by atoms with Gasteiger partial charge in [-0.25, -0.2) is 0 Å². The van der Waals surface area contributed by atoms with Gasteiger partial charge in [-0.2, -0.15) is 0 Å². The van der Waals surface area contributed by atoms with Gasteiger partial charge in [-0.05, 0) is 36.6 Å². The number of rotatable bonds is 4. The highest BCUT2D eigenvalue weighted by molar-refractivity contribution is 8.00. The van der Waals surface area contributed by atoms with Crippen molar-refractivity contribution in [2.24, 2.45) is 23.7 Å². The van der Waals surface area contributed by atoms with Gasteiger partial charge in [0.15, 0.2) is 0 Å². The molecule has 3 fully saturated rings. The van der Waals surface area contributed by atoms with Crippen molar-refractivity contribution in [2.75, 3.05) is 5.23 Å². The largest absolute Gasteiger partial charge is 0.733 e. The number of carbonyl (C=O) groups excluding carboxylic acids is 1. The molecule has 2 aliphatic carbocycles. The van der Waals surface area contributed by atoms with Gasteiger partial charge in [0.05, 0.1) is 22.8 Å². The number of carbonyl (C=O) groups is 2. The molecule has 1 heterocycles. The number of aliphatic carboxylic acids is 1. The van der Waals surface area contributed by atoms with Crippen molar-refractivity contribution in [1.82, 2.24) is 0 Å². The van der Waals surface area contributed by atoms with E-state index < -0.39 is 17.8 Å². The normalized spacial score (nSPS) is 37.0. The van der Waals surface area contributed by atoms with E-state index in [1.807, 2.05) is 0 Å². The Bertz CT molecular complexity index is 662. The molecule has 1 aromatic rings. The number of hydrogen-bond donors (Lipinski definition) is 2. The van der Waals surface area contributed by atoms with Gasteiger partial charge < -0.3 is 20.3 Å². The van der Waals surface area contributed by atoms with Crippen LogP contribution in [0.3, 0.4) is 0 Å². The van der Waals surface area contributed by atoms with Crippen LogP contribution >= 0.6 is 11.8 Å². The fourth-order valence-electron chi connectivity index (χ4n) is 4.29. The lowest BCUT2D eigenvalue weighted by molar-refractivity contribution is -0.151. The SMILES string of the molecule is O=C1O[C@@H]2[C@H]3C[C@@H]([C@@H]2Sc2ccc(N([O-])O)cc2)[C@@H](C(=O)O)[C@H]13. The van der Waals surface area contributed by atoms with Gasteiger partial charge in [0, 0.05) is 10.8 Å². The summed E-state index contributed by atoms with van der Waals surface area (Å²) < 4.78 is 5.45. The number of hydrogen-bond acceptors (Lipinski definition) is 7. The number of carboxylic acids is 1. The van der Waals surface area contributed by atoms with E-state index in [-0.39, 0.29) is 40.1 Å². The lowest BCUT2D eigenvalue weighted by Gasteiger charge is -2.29. The van der Waals surface area contributed by atoms with Crippen molar-refractivity contribution in [3.05, 3.63) is 29.5 Å². The number of anilines is 1. The van der Waals surface area contributed by atoms with Crippen molar-refractivity contribution in [2.45, 2.75) is 22.7 Å². The molecule has 2 saturated carbocycles. The maximum Gasteiger partial charge on any atom is 0.310 e. The summed E-state index contributed by atoms with van der Waals surface area (Å²) in [5.74, 6) is -2.56. The summed E-state index contributed by atoms with van der Waals surface area (Å²) in [7, 11) is 0. The van der Waals surface area contributed by atoms with Crippen LogP contribution in [0.25, 0.3) is 0 Å². The summed E-state index contributed by atoms with van der Waals surface area (Å²) in [4.78, 5) is 24.4. The van der Waals surface area contributed by atoms with Gasteiger partial charge in [0.25, 0.3) is 0 Å². The van der Waals surface area contributed by atoms with E-state index in [1.165, 1.54) is 23.9 Å². The molecule has 122 valence electrons. The van der Waals surface area contributed by atoms with E-state index in [4.69, 9.17) is 9.94 Å². The molecule has 1 saturated heterocycles. The third kappa shape index (κ3) is 2.13. The maximum absolute atomic E-state index is 12.0. The Kier molecular flexibility index (Phi) is 3.29. The second kappa shape index (κ2) is 5.12. The molecule has 0 amide bonds. The Labute approximate surface area is 135 Å². The fraction of sp³-hybridized carbons (Fsp3) is 0.467. The number of fused-ring (bicyclic) bond motifs is 1. The third-order valence-electron chi connectivity index (χ3n) is 5.16. The minimum absolute atomic E-state index is 0.0000478. The van der Waals surface area contributed by atoms with Crippen molar-refractivity contribution >= 4 is 29.4 Å². The molecule has 7 nitrogen and oxygen atoms in total. The maximum atomic E-state index is 12.0. The molecule has 0 spiro atoms. The summed E-state index contributed by atoms with van der Waals surface area (Å²) in [5.41, 5.74) is 0.123. The molecule has 4 rings (SSSR count). The number of esters is 1. The molecule has 0 radical (unpaired) electrons. The lowest BCUT2D eigenvalue weighted by atomic mass is 9.80. The van der Waals surface area contributed by atoms with Crippen LogP contribution in [-0.4, -0.2) is 33.6 Å². The Morgan fingerprint density at radius 3 is 2.61 bits per heavy atom. The first-order chi connectivity index (χ1) is 11.0. The van der Waals surface area contributed by atoms with E-state index in [0.717, 1.165) is 4.90 Å². The molecular formula is C15H14NO6S-. The molecule has 1 aromatic carbocycles. The predicted molar refractivity (Wildman–Crippen MR) is 79.8 cm³/mol. The summed E-state index contributed by atoms with van der Waals surface area (Å²) in [6.07, 6.45) is 0.477. The molecule has 6 atom stereocenters. The van der Waals surface area contributed by atoms with Gasteiger partial charge >= 0.3 is 11.9 Å². The third-order valence-corrected chi connectivity index (χ3v) is 6.60. The van der Waals surface area contributed by atoms with Crippen LogP contribution in [0, 0.1) is 28.9 Å². The monoisotopic (exact) mass is 336 g/mol. The number of carboxylic acid groups (broad SMARTS) is 1. The number of thioether (sulfide) groups is 1. The average Bonchev–Trinajstić information content (AvgIpc) is 3.11. The first-order valence-electron chi connectivity index (χ1n) is 7.33. The molecule has 23 heavy (non-hydrogen) atoms. The van der Waals surface area contributed by atoms with Crippen LogP contribution < -0.4 is 5.23 Å². The van der Waals surface area contributed by atoms with E-state index in [2.05, 4.69) is 0 Å². The Morgan fingerprint density at radius 2 is 2.00 bits per heavy atom. The second-order valence-corrected chi connectivity index (χ2v) is 7.46. The van der Waals surface area contributed by atoms with Gasteiger partial charge in [-0.1, -0.05) is 0 Å². The summed E-state index contributed by atoms with van der Waals surface area (Å²) in [5, 5.41) is 28.8. The van der Waals surface area contributed by atoms with Gasteiger partial charge in [-0.15, -0.1) is 11.8 Å². The highest BCUT2D eigenvalue weighted by Gasteiger charge is 2.68. The second-order valence-electron chi connectivity index (χ2n) is 6.20. The Morgan fingerprint density at radius 1 is 1.30 bits per heavy atom. The highest BCUT2D eigenvalue weighted by Crippen LogP contribution is 2.61. The van der Waals surface area contributed by atoms with Crippen LogP contribution in [0.5, 0.6) is 0 Å². The van der Waals surface area contributed by atoms with Crippen LogP contribution in [0.1, 0.15) is 6.42 Å². The molecule has 1 aliphatic heterocycles. The molecule has 2 bridgehead atoms. The van der Waals surface area contributed by atoms with Crippen molar-refractivity contribution < 1.29 is 24.6 Å². The number of nitrogens with zero attached hydrogens (tertiary/aromatic N) is 1. The van der Waals surface area contributed by atoms with Gasteiger partial charge in [0.2, 0.25) is 0 Å². The molecule has 0 aromatic heterocycles. The van der Waals surface area contributed by atoms with Crippen LogP contribution in [0.2, 0.25) is 0 Å². The van der Waals surface area contributed by atoms with Crippen molar-refractivity contribution in [3.63, 3.8) is 0 Å². The van der Waals surface area contributed by atoms with Crippen LogP contribution in [0.15, 0.2) is 29.2 Å². The highest BCUT2D eigenvalue weighted by atomic mass is 32.2. The van der Waals surface area contributed by atoms with Gasteiger partial charge in [-0.3, -0.25) is 14.8 Å². The smallest absolute Gasteiger partial charge is 0.310 e. The fourth-order valence-corrected chi connectivity index (χ4v) is 5.75. The topological polar surface area (TPSA) is 110 Å². The van der Waals surface area contributed by atoms with E-state index >= 15 is 0 Å². The minimum atomic E-state index is -0.928. The van der Waals surface area contributed by atoms with Gasteiger partial charge in [0.1, 0.15) is 6.10 Å². The molecular weight excluding hydrogens is 322 g/mol. The Hall–Kier alpha value is -1.77. The first-order valence-corrected chi connectivity index (χ1v) is 8.21. The first kappa shape index (κ1) is 14.8. The summed E-state index contributed by atoms with van der Waals surface area (Å²) in [6, 6.07) is 6.36. The van der Waals surface area contributed by atoms with E-state index in [1.54, 1.807) is 12.1 Å². The van der Waals surface area contributed by atoms with Crippen LogP contribution in [-0.2, 0) is 14.3 Å². The van der Waals surface area contributed by atoms with Crippen molar-refractivity contribution in [1.29, 1.82) is 0 Å². The predicted octanol–water partition coefficient (Wildman–Crippen LogP) is 1.73. The zero-order valence-corrected chi connectivity index (χ0v) is 12.7. The van der Waals surface area contributed by atoms with Crippen LogP contribution in [0.4, 0.5) is 5.69 Å². The quantitative estimate of drug-likeness (QED) is 0.632. The molecule has 3 aliphatic rings. The molecule has 0 unspecified atom stereocenters. The Balaban J connectivity index is 1.58. The zero-order valence-electron chi connectivity index (χ0n) is 11.9.